The van der Waals surface area contributed by atoms with Gasteiger partial charge in [0.2, 0.25) is 0 Å². The normalized spacial score (nSPS) is 12.7. The van der Waals surface area contributed by atoms with Crippen molar-refractivity contribution >= 4 is 10.1 Å². The van der Waals surface area contributed by atoms with E-state index in [0.717, 1.165) is 43.4 Å². The molecule has 0 aromatic carbocycles. The van der Waals surface area contributed by atoms with Gasteiger partial charge in [-0.05, 0) is 38.5 Å². The van der Waals surface area contributed by atoms with Crippen LogP contribution >= 0.6 is 0 Å². The number of unbranched alkanes of at least 4 members (excludes halogenated alkanes) is 57. The van der Waals surface area contributed by atoms with Gasteiger partial charge in [0.15, 0.2) is 0 Å². The van der Waals surface area contributed by atoms with E-state index in [4.69, 9.17) is 0 Å². The van der Waals surface area contributed by atoms with Crippen LogP contribution in [-0.2, 0) is 10.1 Å². The smallest absolute Gasteiger partial charge is 0.267 e. The van der Waals surface area contributed by atoms with E-state index >= 15 is 0 Å². The minimum Gasteiger partial charge on any atom is -0.386 e. The highest BCUT2D eigenvalue weighted by molar-refractivity contribution is 7.85. The summed E-state index contributed by atoms with van der Waals surface area (Å²) < 4.78 is 34.5. The Morgan fingerprint density at radius 2 is 0.387 bits per heavy atom. The molecule has 0 radical (unpaired) electrons. The molecule has 0 aromatic heterocycles. The SMILES string of the molecule is CCCCCCCCCCCCCCCCCCCCCC[N+](CCCCCCCCCCCCCCCCCCCCCC)(CCCCCCCCCCCCCCCCCCCCCC)CC(O)CS(=O)(=O)O. The predicted molar refractivity (Wildman–Crippen MR) is 336 cm³/mol. The standard InChI is InChI=1S/C69H141NO4S/c1-4-7-10-13-16-19-22-25-28-31-34-37-40-43-46-49-52-55-58-61-64-70(67-69(71)68-75(72,73)74,65-62-59-56-53-50-47-44-41-38-35-32-29-26-23-20-17-14-11-8-5-2)66-63-60-57-54-51-48-45-42-39-36-33-30-27-24-21-18-15-12-9-6-3/h69,71H,4-68H2,1-3H3/p+1. The Morgan fingerprint density at radius 3 is 0.520 bits per heavy atom. The molecule has 452 valence electrons. The zero-order valence-corrected chi connectivity index (χ0v) is 52.9. The highest BCUT2D eigenvalue weighted by Gasteiger charge is 2.31. The van der Waals surface area contributed by atoms with Gasteiger partial charge in [0, 0.05) is 0 Å². The second-order valence-corrected chi connectivity index (χ2v) is 26.7. The molecular formula is C69H142NO4S+. The van der Waals surface area contributed by atoms with E-state index < -0.39 is 22.0 Å². The van der Waals surface area contributed by atoms with Crippen molar-refractivity contribution in [3.63, 3.8) is 0 Å². The first-order chi connectivity index (χ1) is 36.8. The van der Waals surface area contributed by atoms with Crippen LogP contribution in [-0.4, -0.2) is 60.6 Å². The zero-order chi connectivity index (χ0) is 54.5. The van der Waals surface area contributed by atoms with Crippen molar-refractivity contribution < 1.29 is 22.6 Å². The monoisotopic (exact) mass is 1080 g/mol. The molecule has 0 fully saturated rings. The summed E-state index contributed by atoms with van der Waals surface area (Å²) in [6.07, 6.45) is 81.9. The Bertz CT molecular complexity index is 1050. The van der Waals surface area contributed by atoms with Crippen LogP contribution < -0.4 is 0 Å². The molecule has 2 N–H and O–H groups in total. The second-order valence-electron chi connectivity index (χ2n) is 25.2. The molecule has 6 heteroatoms. The van der Waals surface area contributed by atoms with Crippen LogP contribution in [0.1, 0.15) is 406 Å². The van der Waals surface area contributed by atoms with Crippen molar-refractivity contribution in [2.45, 2.75) is 412 Å². The average Bonchev–Trinajstić information content (AvgIpc) is 3.38. The van der Waals surface area contributed by atoms with Crippen molar-refractivity contribution in [1.29, 1.82) is 0 Å². The average molecular weight is 1080 g/mol. The zero-order valence-electron chi connectivity index (χ0n) is 52.1. The van der Waals surface area contributed by atoms with Crippen LogP contribution in [0.2, 0.25) is 0 Å². The van der Waals surface area contributed by atoms with E-state index in [2.05, 4.69) is 20.8 Å². The summed E-state index contributed by atoms with van der Waals surface area (Å²) in [4.78, 5) is 0. The van der Waals surface area contributed by atoms with Crippen LogP contribution in [0.25, 0.3) is 0 Å². The summed E-state index contributed by atoms with van der Waals surface area (Å²) in [6.45, 7) is 10.4. The van der Waals surface area contributed by atoms with Crippen molar-refractivity contribution in [3.8, 4) is 0 Å². The summed E-state index contributed by atoms with van der Waals surface area (Å²) in [5.74, 6) is -0.537. The largest absolute Gasteiger partial charge is 0.386 e. The first-order valence-corrected chi connectivity index (χ1v) is 36.9. The fraction of sp³-hybridized carbons (Fsp3) is 1.00. The Hall–Kier alpha value is -0.170. The Balaban J connectivity index is 4.71. The molecule has 75 heavy (non-hydrogen) atoms. The summed E-state index contributed by atoms with van der Waals surface area (Å²) in [5, 5.41) is 11.2. The van der Waals surface area contributed by atoms with Crippen LogP contribution in [0.3, 0.4) is 0 Å². The molecule has 1 unspecified atom stereocenters. The van der Waals surface area contributed by atoms with Crippen LogP contribution in [0.15, 0.2) is 0 Å². The predicted octanol–water partition coefficient (Wildman–Crippen LogP) is 23.5. The van der Waals surface area contributed by atoms with Gasteiger partial charge in [0.25, 0.3) is 10.1 Å². The number of hydrogen-bond acceptors (Lipinski definition) is 3. The topological polar surface area (TPSA) is 74.6 Å². The molecule has 0 amide bonds. The van der Waals surface area contributed by atoms with Gasteiger partial charge < -0.3 is 9.59 Å². The summed E-state index contributed by atoms with van der Waals surface area (Å²) in [6, 6.07) is 0. The number of rotatable bonds is 67. The highest BCUT2D eigenvalue weighted by Crippen LogP contribution is 2.23. The third-order valence-corrected chi connectivity index (χ3v) is 18.3. The fourth-order valence-corrected chi connectivity index (χ4v) is 13.1. The molecule has 0 aromatic rings. The van der Waals surface area contributed by atoms with Crippen molar-refractivity contribution in [2.24, 2.45) is 0 Å². The lowest BCUT2D eigenvalue weighted by molar-refractivity contribution is -0.931. The first-order valence-electron chi connectivity index (χ1n) is 35.3. The Morgan fingerprint density at radius 1 is 0.253 bits per heavy atom. The van der Waals surface area contributed by atoms with Gasteiger partial charge in [0.1, 0.15) is 18.4 Å². The van der Waals surface area contributed by atoms with E-state index in [1.807, 2.05) is 0 Å². The van der Waals surface area contributed by atoms with Crippen LogP contribution in [0.5, 0.6) is 0 Å². The van der Waals surface area contributed by atoms with Crippen LogP contribution in [0, 0.1) is 0 Å². The fourth-order valence-electron chi connectivity index (χ4n) is 12.5. The molecule has 0 rings (SSSR count). The van der Waals surface area contributed by atoms with E-state index in [0.29, 0.717) is 6.54 Å². The van der Waals surface area contributed by atoms with Gasteiger partial charge >= 0.3 is 0 Å². The van der Waals surface area contributed by atoms with E-state index in [1.54, 1.807) is 0 Å². The first kappa shape index (κ1) is 74.8. The molecule has 0 bridgehead atoms. The molecule has 0 aliphatic heterocycles. The Kier molecular flexibility index (Phi) is 61.3. The number of nitrogens with zero attached hydrogens (tertiary/aromatic N) is 1. The summed E-state index contributed by atoms with van der Waals surface area (Å²) in [5.41, 5.74) is 0. The Labute approximate surface area is 474 Å². The summed E-state index contributed by atoms with van der Waals surface area (Å²) >= 11 is 0. The minimum absolute atomic E-state index is 0.456. The third kappa shape index (κ3) is 61.3. The molecule has 1 atom stereocenters. The number of hydrogen-bond donors (Lipinski definition) is 2. The van der Waals surface area contributed by atoms with Gasteiger partial charge in [-0.1, -0.05) is 367 Å². The number of aliphatic hydroxyl groups excluding tert-OH is 1. The second kappa shape index (κ2) is 61.4. The van der Waals surface area contributed by atoms with E-state index in [1.165, 1.54) is 366 Å². The molecule has 0 heterocycles. The van der Waals surface area contributed by atoms with E-state index in [9.17, 15) is 18.1 Å². The molecule has 0 aliphatic carbocycles. The highest BCUT2D eigenvalue weighted by atomic mass is 32.2. The number of aliphatic hydroxyl groups is 1. The lowest BCUT2D eigenvalue weighted by Crippen LogP contribution is -2.55. The maximum atomic E-state index is 12.0. The van der Waals surface area contributed by atoms with Gasteiger partial charge in [-0.2, -0.15) is 8.42 Å². The van der Waals surface area contributed by atoms with E-state index in [-0.39, 0.29) is 0 Å². The van der Waals surface area contributed by atoms with Crippen molar-refractivity contribution in [2.75, 3.05) is 31.9 Å². The minimum atomic E-state index is -4.22. The van der Waals surface area contributed by atoms with Gasteiger partial charge in [-0.25, -0.2) is 0 Å². The van der Waals surface area contributed by atoms with Gasteiger partial charge in [-0.3, -0.25) is 4.55 Å². The van der Waals surface area contributed by atoms with Gasteiger partial charge in [0.05, 0.1) is 19.6 Å². The lowest BCUT2D eigenvalue weighted by Gasteiger charge is -2.40. The molecule has 0 saturated carbocycles. The van der Waals surface area contributed by atoms with Crippen LogP contribution in [0.4, 0.5) is 0 Å². The maximum absolute atomic E-state index is 12.0. The molecular weight excluding hydrogens is 939 g/mol. The number of quaternary nitrogens is 1. The third-order valence-electron chi connectivity index (χ3n) is 17.5. The molecule has 5 nitrogen and oxygen atoms in total. The summed E-state index contributed by atoms with van der Waals surface area (Å²) in [7, 11) is -4.22. The molecule has 0 aliphatic rings. The van der Waals surface area contributed by atoms with Crippen molar-refractivity contribution in [3.05, 3.63) is 0 Å². The lowest BCUT2D eigenvalue weighted by atomic mass is 10.0. The van der Waals surface area contributed by atoms with Gasteiger partial charge in [-0.15, -0.1) is 0 Å². The molecule has 0 spiro atoms. The molecule has 0 saturated heterocycles. The maximum Gasteiger partial charge on any atom is 0.267 e. The van der Waals surface area contributed by atoms with Crippen molar-refractivity contribution in [1.82, 2.24) is 0 Å². The quantitative estimate of drug-likeness (QED) is 0.0362.